The highest BCUT2D eigenvalue weighted by atomic mass is 19.1. The fourth-order valence-corrected chi connectivity index (χ4v) is 1.48. The lowest BCUT2D eigenvalue weighted by Gasteiger charge is -2.06. The van der Waals surface area contributed by atoms with E-state index >= 15 is 0 Å². The highest BCUT2D eigenvalue weighted by Crippen LogP contribution is 2.20. The van der Waals surface area contributed by atoms with Gasteiger partial charge in [0.05, 0.1) is 0 Å². The summed E-state index contributed by atoms with van der Waals surface area (Å²) >= 11 is 0. The molecule has 0 radical (unpaired) electrons. The summed E-state index contributed by atoms with van der Waals surface area (Å²) in [5.74, 6) is -2.01. The number of aromatic amines is 1. The third-order valence-corrected chi connectivity index (χ3v) is 2.34. The summed E-state index contributed by atoms with van der Waals surface area (Å²) in [6, 6.07) is 3.31. The number of H-pyrrole nitrogens is 1. The molecule has 1 aromatic carbocycles. The first kappa shape index (κ1) is 11.3. The number of rotatable bonds is 2. The monoisotopic (exact) mass is 265 g/mol. The van der Waals surface area contributed by atoms with Crippen molar-refractivity contribution >= 4 is 22.8 Å². The third-order valence-electron chi connectivity index (χ3n) is 2.34. The van der Waals surface area contributed by atoms with Crippen LogP contribution in [0.25, 0.3) is 11.3 Å². The van der Waals surface area contributed by atoms with Crippen molar-refractivity contribution in [3.8, 4) is 0 Å². The lowest BCUT2D eigenvalue weighted by molar-refractivity contribution is 0.314. The first-order valence-corrected chi connectivity index (χ1v) is 5.09. The number of benzene rings is 1. The normalized spacial score (nSPS) is 10.8. The maximum Gasteiger partial charge on any atom is 0.292 e. The molecule has 3 aromatic rings. The molecule has 2 aromatic heterocycles. The molecule has 0 fully saturated rings. The Balaban J connectivity index is 2.10. The van der Waals surface area contributed by atoms with Gasteiger partial charge in [0, 0.05) is 0 Å². The number of para-hydroxylation sites is 1. The molecule has 0 saturated carbocycles. The number of hydrogen-bond acceptors (Lipinski definition) is 6. The standard InChI is InChI=1S/C10H5F2N5O2/c11-4-2-1-3-5(12)6(4)13-9-10(18)15-8-7(14-9)16-19-17-8/h1-3H,(H,13,14,16)(H,15,17,18). The van der Waals surface area contributed by atoms with E-state index in [2.05, 4.69) is 30.2 Å². The number of anilines is 2. The van der Waals surface area contributed by atoms with Crippen molar-refractivity contribution in [1.82, 2.24) is 20.3 Å². The molecule has 2 N–H and O–H groups in total. The maximum atomic E-state index is 13.4. The predicted molar refractivity (Wildman–Crippen MR) is 59.9 cm³/mol. The lowest BCUT2D eigenvalue weighted by Crippen LogP contribution is -2.15. The molecule has 0 aliphatic carbocycles. The second-order valence-corrected chi connectivity index (χ2v) is 3.57. The highest BCUT2D eigenvalue weighted by molar-refractivity contribution is 5.67. The van der Waals surface area contributed by atoms with E-state index in [1.807, 2.05) is 0 Å². The molecule has 0 aliphatic rings. The van der Waals surface area contributed by atoms with Crippen LogP contribution in [0.4, 0.5) is 20.3 Å². The third kappa shape index (κ3) is 1.90. The van der Waals surface area contributed by atoms with Crippen LogP contribution in [0.5, 0.6) is 0 Å². The Bertz CT molecular complexity index is 793. The minimum absolute atomic E-state index is 0.0128. The number of nitrogens with one attached hydrogen (secondary N) is 2. The highest BCUT2D eigenvalue weighted by Gasteiger charge is 2.13. The van der Waals surface area contributed by atoms with Gasteiger partial charge in [-0.25, -0.2) is 13.4 Å². The van der Waals surface area contributed by atoms with Crippen molar-refractivity contribution < 1.29 is 13.4 Å². The van der Waals surface area contributed by atoms with E-state index in [-0.39, 0.29) is 17.1 Å². The van der Waals surface area contributed by atoms with Gasteiger partial charge in [-0.2, -0.15) is 4.98 Å². The zero-order chi connectivity index (χ0) is 13.4. The van der Waals surface area contributed by atoms with Crippen LogP contribution in [-0.4, -0.2) is 20.3 Å². The second kappa shape index (κ2) is 4.12. The van der Waals surface area contributed by atoms with Crippen LogP contribution in [0.2, 0.25) is 0 Å². The van der Waals surface area contributed by atoms with E-state index < -0.39 is 22.9 Å². The minimum atomic E-state index is -0.848. The number of aromatic nitrogens is 4. The second-order valence-electron chi connectivity index (χ2n) is 3.57. The van der Waals surface area contributed by atoms with Crippen molar-refractivity contribution in [2.75, 3.05) is 5.32 Å². The molecular weight excluding hydrogens is 260 g/mol. The number of hydrogen-bond donors (Lipinski definition) is 2. The number of halogens is 2. The topological polar surface area (TPSA) is 96.7 Å². The van der Waals surface area contributed by atoms with Crippen LogP contribution >= 0.6 is 0 Å². The zero-order valence-electron chi connectivity index (χ0n) is 9.15. The molecule has 0 bridgehead atoms. The first-order valence-electron chi connectivity index (χ1n) is 5.09. The van der Waals surface area contributed by atoms with Crippen molar-refractivity contribution in [3.05, 3.63) is 40.2 Å². The van der Waals surface area contributed by atoms with Crippen molar-refractivity contribution in [1.29, 1.82) is 0 Å². The molecule has 2 heterocycles. The zero-order valence-corrected chi connectivity index (χ0v) is 9.15. The predicted octanol–water partition coefficient (Wildman–Crippen LogP) is 1.33. The van der Waals surface area contributed by atoms with Gasteiger partial charge in [-0.3, -0.25) is 9.78 Å². The van der Waals surface area contributed by atoms with Crippen molar-refractivity contribution in [2.45, 2.75) is 0 Å². The van der Waals surface area contributed by atoms with Crippen LogP contribution in [0.3, 0.4) is 0 Å². The summed E-state index contributed by atoms with van der Waals surface area (Å²) < 4.78 is 31.2. The van der Waals surface area contributed by atoms with Crippen molar-refractivity contribution in [2.24, 2.45) is 0 Å². The van der Waals surface area contributed by atoms with Crippen LogP contribution in [-0.2, 0) is 0 Å². The molecular formula is C10H5F2N5O2. The van der Waals surface area contributed by atoms with Gasteiger partial charge < -0.3 is 5.32 Å². The molecule has 0 spiro atoms. The summed E-state index contributed by atoms with van der Waals surface area (Å²) in [5.41, 5.74) is -1.12. The Morgan fingerprint density at radius 2 is 1.95 bits per heavy atom. The van der Waals surface area contributed by atoms with Gasteiger partial charge in [-0.1, -0.05) is 6.07 Å². The van der Waals surface area contributed by atoms with Crippen molar-refractivity contribution in [3.63, 3.8) is 0 Å². The minimum Gasteiger partial charge on any atom is -0.331 e. The fourth-order valence-electron chi connectivity index (χ4n) is 1.48. The molecule has 0 atom stereocenters. The van der Waals surface area contributed by atoms with Crippen LogP contribution in [0.1, 0.15) is 0 Å². The number of fused-ring (bicyclic) bond motifs is 1. The lowest BCUT2D eigenvalue weighted by atomic mass is 10.3. The molecule has 0 saturated heterocycles. The van der Waals surface area contributed by atoms with Gasteiger partial charge in [-0.15, -0.1) is 0 Å². The number of nitrogens with zero attached hydrogens (tertiary/aromatic N) is 3. The molecule has 0 aliphatic heterocycles. The van der Waals surface area contributed by atoms with E-state index in [0.29, 0.717) is 0 Å². The summed E-state index contributed by atoms with van der Waals surface area (Å²) in [6.45, 7) is 0. The summed E-state index contributed by atoms with van der Waals surface area (Å²) in [5, 5.41) is 9.07. The van der Waals surface area contributed by atoms with Gasteiger partial charge in [0.15, 0.2) is 5.82 Å². The van der Waals surface area contributed by atoms with E-state index in [4.69, 9.17) is 0 Å². The van der Waals surface area contributed by atoms with E-state index in [0.717, 1.165) is 12.1 Å². The molecule has 0 unspecified atom stereocenters. The first-order chi connectivity index (χ1) is 9.15. The van der Waals surface area contributed by atoms with Gasteiger partial charge in [0.2, 0.25) is 11.3 Å². The van der Waals surface area contributed by atoms with Gasteiger partial charge in [0.1, 0.15) is 17.3 Å². The average Bonchev–Trinajstić information content (AvgIpc) is 2.81. The quantitative estimate of drug-likeness (QED) is 0.725. The average molecular weight is 265 g/mol. The molecule has 0 amide bonds. The van der Waals surface area contributed by atoms with E-state index in [9.17, 15) is 13.6 Å². The summed E-state index contributed by atoms with van der Waals surface area (Å²) in [6.07, 6.45) is 0. The Hall–Kier alpha value is -2.84. The van der Waals surface area contributed by atoms with Crippen LogP contribution < -0.4 is 10.9 Å². The van der Waals surface area contributed by atoms with Gasteiger partial charge in [-0.05, 0) is 22.4 Å². The Kier molecular flexibility index (Phi) is 2.44. The van der Waals surface area contributed by atoms with E-state index in [1.54, 1.807) is 0 Å². The Labute approximate surface area is 103 Å². The fraction of sp³-hybridized carbons (Fsp3) is 0. The van der Waals surface area contributed by atoms with E-state index in [1.165, 1.54) is 6.07 Å². The Morgan fingerprint density at radius 3 is 2.68 bits per heavy atom. The maximum absolute atomic E-state index is 13.4. The van der Waals surface area contributed by atoms with Crippen LogP contribution in [0.15, 0.2) is 27.6 Å². The summed E-state index contributed by atoms with van der Waals surface area (Å²) in [7, 11) is 0. The smallest absolute Gasteiger partial charge is 0.292 e. The van der Waals surface area contributed by atoms with Gasteiger partial charge in [0.25, 0.3) is 5.56 Å². The molecule has 3 rings (SSSR count). The molecule has 7 nitrogen and oxygen atoms in total. The largest absolute Gasteiger partial charge is 0.331 e. The summed E-state index contributed by atoms with van der Waals surface area (Å²) in [4.78, 5) is 17.7. The molecule has 96 valence electrons. The Morgan fingerprint density at radius 1 is 1.21 bits per heavy atom. The van der Waals surface area contributed by atoms with Gasteiger partial charge >= 0.3 is 0 Å². The SMILES string of the molecule is O=c1[nH]c2nonc2nc1Nc1c(F)cccc1F. The van der Waals surface area contributed by atoms with Crippen LogP contribution in [0, 0.1) is 11.6 Å². The molecule has 9 heteroatoms. The molecule has 19 heavy (non-hydrogen) atoms.